The Morgan fingerprint density at radius 1 is 1.23 bits per heavy atom. The first-order valence-corrected chi connectivity index (χ1v) is 8.57. The highest BCUT2D eigenvalue weighted by molar-refractivity contribution is 5.92. The summed E-state index contributed by atoms with van der Waals surface area (Å²) in [6.07, 6.45) is 6.47. The molecule has 0 aliphatic carbocycles. The molecule has 1 aromatic rings. The van der Waals surface area contributed by atoms with Gasteiger partial charge in [0.1, 0.15) is 5.69 Å². The van der Waals surface area contributed by atoms with E-state index in [1.165, 1.54) is 24.9 Å². The summed E-state index contributed by atoms with van der Waals surface area (Å²) in [4.78, 5) is 21.3. The molecule has 0 N–H and O–H groups in total. The van der Waals surface area contributed by atoms with E-state index in [2.05, 4.69) is 29.9 Å². The summed E-state index contributed by atoms with van der Waals surface area (Å²) in [7, 11) is 2.17. The minimum absolute atomic E-state index is 0.109. The number of hydrogen-bond acceptors (Lipinski definition) is 3. The molecular formula is C18H27N3O. The smallest absolute Gasteiger partial charge is 0.272 e. The van der Waals surface area contributed by atoms with Crippen LogP contribution in [0.2, 0.25) is 0 Å². The molecular weight excluding hydrogens is 274 g/mol. The Balaban J connectivity index is 1.71. The van der Waals surface area contributed by atoms with Crippen LogP contribution in [0.25, 0.3) is 0 Å². The van der Waals surface area contributed by atoms with E-state index in [0.717, 1.165) is 38.4 Å². The van der Waals surface area contributed by atoms with Crippen LogP contribution in [0.3, 0.4) is 0 Å². The highest BCUT2D eigenvalue weighted by atomic mass is 16.2. The second-order valence-corrected chi connectivity index (χ2v) is 7.05. The van der Waals surface area contributed by atoms with Gasteiger partial charge in [-0.25, -0.2) is 0 Å². The van der Waals surface area contributed by atoms with Crippen molar-refractivity contribution in [3.05, 3.63) is 29.6 Å². The number of aromatic nitrogens is 1. The summed E-state index contributed by atoms with van der Waals surface area (Å²) in [5, 5.41) is 0. The van der Waals surface area contributed by atoms with Gasteiger partial charge >= 0.3 is 0 Å². The highest BCUT2D eigenvalue weighted by Gasteiger charge is 2.24. The predicted molar refractivity (Wildman–Crippen MR) is 88.0 cm³/mol. The molecule has 1 aromatic heterocycles. The summed E-state index contributed by atoms with van der Waals surface area (Å²) in [5.41, 5.74) is 1.90. The maximum atomic E-state index is 12.7. The van der Waals surface area contributed by atoms with Gasteiger partial charge in [-0.15, -0.1) is 0 Å². The number of piperidine rings is 2. The van der Waals surface area contributed by atoms with Crippen LogP contribution in [0.15, 0.2) is 18.3 Å². The lowest BCUT2D eigenvalue weighted by atomic mass is 9.91. The lowest BCUT2D eigenvalue weighted by Gasteiger charge is -2.31. The molecule has 2 saturated heterocycles. The van der Waals surface area contributed by atoms with Gasteiger partial charge in [-0.1, -0.05) is 6.92 Å². The van der Waals surface area contributed by atoms with Crippen LogP contribution >= 0.6 is 0 Å². The highest BCUT2D eigenvalue weighted by Crippen LogP contribution is 2.26. The van der Waals surface area contributed by atoms with E-state index in [0.29, 0.717) is 11.6 Å². The number of hydrogen-bond donors (Lipinski definition) is 0. The standard InChI is InChI=1S/C18H27N3O/c1-14-6-10-21(11-7-14)18(22)17-12-15(5-8-19-17)16-4-3-9-20(2)13-16/h5,8,12,14,16H,3-4,6-7,9-11,13H2,1-2H3. The van der Waals surface area contributed by atoms with Crippen molar-refractivity contribution < 1.29 is 4.79 Å². The zero-order valence-electron chi connectivity index (χ0n) is 13.8. The van der Waals surface area contributed by atoms with Crippen molar-refractivity contribution in [2.24, 2.45) is 5.92 Å². The average molecular weight is 301 g/mol. The number of amides is 1. The molecule has 3 heterocycles. The van der Waals surface area contributed by atoms with Crippen LogP contribution in [0.1, 0.15) is 54.6 Å². The van der Waals surface area contributed by atoms with E-state index in [4.69, 9.17) is 0 Å². The third kappa shape index (κ3) is 3.49. The number of rotatable bonds is 2. The first-order valence-electron chi connectivity index (χ1n) is 8.57. The minimum atomic E-state index is 0.109. The third-order valence-corrected chi connectivity index (χ3v) is 5.17. The molecule has 2 aliphatic heterocycles. The Morgan fingerprint density at radius 2 is 2.00 bits per heavy atom. The van der Waals surface area contributed by atoms with Gasteiger partial charge in [-0.2, -0.15) is 0 Å². The maximum absolute atomic E-state index is 12.7. The number of carbonyl (C=O) groups is 1. The number of likely N-dealkylation sites (N-methyl/N-ethyl adjacent to an activating group) is 1. The van der Waals surface area contributed by atoms with Gasteiger partial charge in [-0.3, -0.25) is 9.78 Å². The first kappa shape index (κ1) is 15.5. The van der Waals surface area contributed by atoms with Crippen LogP contribution in [0.5, 0.6) is 0 Å². The fourth-order valence-electron chi connectivity index (χ4n) is 3.63. The number of carbonyl (C=O) groups excluding carboxylic acids is 1. The van der Waals surface area contributed by atoms with Gasteiger partial charge in [0.05, 0.1) is 0 Å². The summed E-state index contributed by atoms with van der Waals surface area (Å²) in [6.45, 7) is 6.27. The number of pyridine rings is 1. The van der Waals surface area contributed by atoms with Crippen LogP contribution in [-0.2, 0) is 0 Å². The topological polar surface area (TPSA) is 36.4 Å². The van der Waals surface area contributed by atoms with Crippen molar-refractivity contribution in [2.45, 2.75) is 38.5 Å². The summed E-state index contributed by atoms with van der Waals surface area (Å²) < 4.78 is 0. The second kappa shape index (κ2) is 6.78. The molecule has 120 valence electrons. The summed E-state index contributed by atoms with van der Waals surface area (Å²) >= 11 is 0. The van der Waals surface area contributed by atoms with Gasteiger partial charge in [0.15, 0.2) is 0 Å². The van der Waals surface area contributed by atoms with Crippen molar-refractivity contribution in [1.29, 1.82) is 0 Å². The predicted octanol–water partition coefficient (Wildman–Crippen LogP) is 2.76. The number of likely N-dealkylation sites (tertiary alicyclic amines) is 2. The van der Waals surface area contributed by atoms with E-state index in [1.807, 2.05) is 17.2 Å². The quantitative estimate of drug-likeness (QED) is 0.843. The minimum Gasteiger partial charge on any atom is -0.337 e. The summed E-state index contributed by atoms with van der Waals surface area (Å²) in [5.74, 6) is 1.38. The van der Waals surface area contributed by atoms with E-state index in [-0.39, 0.29) is 5.91 Å². The molecule has 0 aromatic carbocycles. The Labute approximate surface area is 133 Å². The fourth-order valence-corrected chi connectivity index (χ4v) is 3.63. The van der Waals surface area contributed by atoms with Crippen LogP contribution < -0.4 is 0 Å². The van der Waals surface area contributed by atoms with Gasteiger partial charge < -0.3 is 9.80 Å². The molecule has 4 heteroatoms. The summed E-state index contributed by atoms with van der Waals surface area (Å²) in [6, 6.07) is 4.11. The molecule has 0 spiro atoms. The van der Waals surface area contributed by atoms with Gasteiger partial charge in [0.25, 0.3) is 5.91 Å². The molecule has 2 fully saturated rings. The normalized spacial score (nSPS) is 24.5. The molecule has 0 radical (unpaired) electrons. The Kier molecular flexibility index (Phi) is 4.77. The fraction of sp³-hybridized carbons (Fsp3) is 0.667. The van der Waals surface area contributed by atoms with E-state index in [1.54, 1.807) is 0 Å². The maximum Gasteiger partial charge on any atom is 0.272 e. The molecule has 3 rings (SSSR count). The zero-order valence-corrected chi connectivity index (χ0v) is 13.8. The van der Waals surface area contributed by atoms with E-state index in [9.17, 15) is 4.79 Å². The van der Waals surface area contributed by atoms with Gasteiger partial charge in [-0.05, 0) is 68.8 Å². The van der Waals surface area contributed by atoms with Crippen molar-refractivity contribution >= 4 is 5.91 Å². The molecule has 4 nitrogen and oxygen atoms in total. The lowest BCUT2D eigenvalue weighted by molar-refractivity contribution is 0.0691. The van der Waals surface area contributed by atoms with Gasteiger partial charge in [0.2, 0.25) is 0 Å². The van der Waals surface area contributed by atoms with E-state index < -0.39 is 0 Å². The van der Waals surface area contributed by atoms with Crippen LogP contribution in [-0.4, -0.2) is 53.9 Å². The molecule has 0 saturated carbocycles. The molecule has 1 unspecified atom stereocenters. The Bertz CT molecular complexity index is 523. The van der Waals surface area contributed by atoms with Crippen molar-refractivity contribution in [3.8, 4) is 0 Å². The molecule has 1 atom stereocenters. The van der Waals surface area contributed by atoms with E-state index >= 15 is 0 Å². The van der Waals surface area contributed by atoms with Crippen molar-refractivity contribution in [2.75, 3.05) is 33.2 Å². The van der Waals surface area contributed by atoms with Crippen LogP contribution in [0, 0.1) is 5.92 Å². The van der Waals surface area contributed by atoms with Crippen molar-refractivity contribution in [3.63, 3.8) is 0 Å². The SMILES string of the molecule is CC1CCN(C(=O)c2cc(C3CCCN(C)C3)ccn2)CC1. The molecule has 2 aliphatic rings. The first-order chi connectivity index (χ1) is 10.6. The van der Waals surface area contributed by atoms with Crippen molar-refractivity contribution in [1.82, 2.24) is 14.8 Å². The Hall–Kier alpha value is -1.42. The molecule has 0 bridgehead atoms. The van der Waals surface area contributed by atoms with Gasteiger partial charge in [0, 0.05) is 25.8 Å². The Morgan fingerprint density at radius 3 is 2.73 bits per heavy atom. The molecule has 22 heavy (non-hydrogen) atoms. The third-order valence-electron chi connectivity index (χ3n) is 5.17. The lowest BCUT2D eigenvalue weighted by Crippen LogP contribution is -2.38. The second-order valence-electron chi connectivity index (χ2n) is 7.05. The zero-order chi connectivity index (χ0) is 15.5. The number of nitrogens with zero attached hydrogens (tertiary/aromatic N) is 3. The van der Waals surface area contributed by atoms with Crippen LogP contribution in [0.4, 0.5) is 0 Å². The average Bonchev–Trinajstić information content (AvgIpc) is 2.55. The monoisotopic (exact) mass is 301 g/mol. The molecule has 1 amide bonds. The largest absolute Gasteiger partial charge is 0.337 e.